The van der Waals surface area contributed by atoms with Crippen LogP contribution in [0.1, 0.15) is 58.8 Å². The quantitative estimate of drug-likeness (QED) is 0.850. The molecule has 3 heteroatoms. The molecule has 1 saturated carbocycles. The highest BCUT2D eigenvalue weighted by Crippen LogP contribution is 2.29. The summed E-state index contributed by atoms with van der Waals surface area (Å²) in [6.45, 7) is 6.55. The van der Waals surface area contributed by atoms with Crippen LogP contribution in [0.25, 0.3) is 0 Å². The summed E-state index contributed by atoms with van der Waals surface area (Å²) < 4.78 is 0. The summed E-state index contributed by atoms with van der Waals surface area (Å²) >= 11 is 0. The Morgan fingerprint density at radius 3 is 2.42 bits per heavy atom. The Morgan fingerprint density at radius 1 is 1.21 bits per heavy atom. The minimum absolute atomic E-state index is 0.224. The van der Waals surface area contributed by atoms with Crippen LogP contribution in [0.4, 0.5) is 0 Å². The number of carbonyl (C=O) groups excluding carboxylic acids is 1. The molecule has 0 spiro atoms. The van der Waals surface area contributed by atoms with E-state index in [9.17, 15) is 4.79 Å². The van der Waals surface area contributed by atoms with Gasteiger partial charge in [-0.15, -0.1) is 0 Å². The standard InChI is InChI=1S/C16H30N2O/c1-12(2)3-4-13-7-9-18(10-8-13)16(19)14-5-6-15(17)11-14/h12-15H,3-11,17H2,1-2H3. The van der Waals surface area contributed by atoms with E-state index in [1.165, 1.54) is 25.7 Å². The molecule has 0 aromatic carbocycles. The van der Waals surface area contributed by atoms with Crippen molar-refractivity contribution in [3.63, 3.8) is 0 Å². The van der Waals surface area contributed by atoms with Crippen LogP contribution >= 0.6 is 0 Å². The van der Waals surface area contributed by atoms with Gasteiger partial charge in [-0.2, -0.15) is 0 Å². The number of piperidine rings is 1. The molecule has 1 aliphatic heterocycles. The molecule has 1 aliphatic carbocycles. The molecule has 0 aromatic heterocycles. The Labute approximate surface area is 117 Å². The van der Waals surface area contributed by atoms with Crippen molar-refractivity contribution in [1.29, 1.82) is 0 Å². The van der Waals surface area contributed by atoms with Crippen molar-refractivity contribution in [3.8, 4) is 0 Å². The van der Waals surface area contributed by atoms with Gasteiger partial charge in [0.1, 0.15) is 0 Å². The molecule has 2 aliphatic rings. The lowest BCUT2D eigenvalue weighted by Gasteiger charge is -2.34. The Morgan fingerprint density at radius 2 is 1.89 bits per heavy atom. The summed E-state index contributed by atoms with van der Waals surface area (Å²) in [6.07, 6.45) is 8.03. The highest BCUT2D eigenvalue weighted by atomic mass is 16.2. The fraction of sp³-hybridized carbons (Fsp3) is 0.938. The molecule has 1 saturated heterocycles. The van der Waals surface area contributed by atoms with Crippen molar-refractivity contribution in [2.45, 2.75) is 64.8 Å². The van der Waals surface area contributed by atoms with Gasteiger partial charge in [-0.05, 0) is 43.9 Å². The van der Waals surface area contributed by atoms with Crippen molar-refractivity contribution < 1.29 is 4.79 Å². The van der Waals surface area contributed by atoms with Crippen molar-refractivity contribution in [3.05, 3.63) is 0 Å². The largest absolute Gasteiger partial charge is 0.342 e. The zero-order chi connectivity index (χ0) is 13.8. The van der Waals surface area contributed by atoms with E-state index in [-0.39, 0.29) is 12.0 Å². The van der Waals surface area contributed by atoms with Crippen molar-refractivity contribution in [1.82, 2.24) is 4.90 Å². The van der Waals surface area contributed by atoms with E-state index in [1.807, 2.05) is 0 Å². The minimum Gasteiger partial charge on any atom is -0.342 e. The fourth-order valence-electron chi connectivity index (χ4n) is 3.51. The normalized spacial score (nSPS) is 29.2. The van der Waals surface area contributed by atoms with E-state index in [0.29, 0.717) is 5.91 Å². The maximum absolute atomic E-state index is 12.4. The maximum atomic E-state index is 12.4. The molecular formula is C16H30N2O. The number of hydrogen-bond donors (Lipinski definition) is 1. The van der Waals surface area contributed by atoms with Crippen molar-refractivity contribution >= 4 is 5.91 Å². The summed E-state index contributed by atoms with van der Waals surface area (Å²) in [5.41, 5.74) is 5.91. The Bertz CT molecular complexity index is 295. The molecule has 2 fully saturated rings. The minimum atomic E-state index is 0.224. The molecule has 2 atom stereocenters. The summed E-state index contributed by atoms with van der Waals surface area (Å²) in [5, 5.41) is 0. The first kappa shape index (κ1) is 14.8. The third-order valence-corrected chi connectivity index (χ3v) is 4.90. The molecule has 0 bridgehead atoms. The summed E-state index contributed by atoms with van der Waals surface area (Å²) in [5.74, 6) is 2.26. The van der Waals surface area contributed by atoms with Crippen LogP contribution in [-0.2, 0) is 4.79 Å². The highest BCUT2D eigenvalue weighted by Gasteiger charge is 2.32. The van der Waals surface area contributed by atoms with Crippen molar-refractivity contribution in [2.24, 2.45) is 23.5 Å². The first-order chi connectivity index (χ1) is 9.06. The smallest absolute Gasteiger partial charge is 0.225 e. The molecule has 2 N–H and O–H groups in total. The molecule has 2 rings (SSSR count). The molecule has 1 heterocycles. The number of hydrogen-bond acceptors (Lipinski definition) is 2. The average Bonchev–Trinajstić information content (AvgIpc) is 2.83. The van der Waals surface area contributed by atoms with E-state index in [1.54, 1.807) is 0 Å². The topological polar surface area (TPSA) is 46.3 Å². The van der Waals surface area contributed by atoms with E-state index in [2.05, 4.69) is 18.7 Å². The number of rotatable bonds is 4. The number of amides is 1. The third kappa shape index (κ3) is 4.20. The van der Waals surface area contributed by atoms with Crippen molar-refractivity contribution in [2.75, 3.05) is 13.1 Å². The van der Waals surface area contributed by atoms with Crippen LogP contribution in [0.3, 0.4) is 0 Å². The van der Waals surface area contributed by atoms with Gasteiger partial charge in [0.05, 0.1) is 0 Å². The zero-order valence-electron chi connectivity index (χ0n) is 12.6. The van der Waals surface area contributed by atoms with Gasteiger partial charge in [0, 0.05) is 25.0 Å². The van der Waals surface area contributed by atoms with E-state index < -0.39 is 0 Å². The number of nitrogens with zero attached hydrogens (tertiary/aromatic N) is 1. The van der Waals surface area contributed by atoms with Crippen LogP contribution in [0.5, 0.6) is 0 Å². The fourth-order valence-corrected chi connectivity index (χ4v) is 3.51. The molecule has 1 amide bonds. The highest BCUT2D eigenvalue weighted by molar-refractivity contribution is 5.79. The predicted octanol–water partition coefficient (Wildman–Crippen LogP) is 2.79. The van der Waals surface area contributed by atoms with E-state index >= 15 is 0 Å². The average molecular weight is 266 g/mol. The van der Waals surface area contributed by atoms with Crippen LogP contribution in [-0.4, -0.2) is 29.9 Å². The monoisotopic (exact) mass is 266 g/mol. The van der Waals surface area contributed by atoms with Gasteiger partial charge in [-0.25, -0.2) is 0 Å². The lowest BCUT2D eigenvalue weighted by atomic mass is 9.89. The number of likely N-dealkylation sites (tertiary alicyclic amines) is 1. The molecule has 2 unspecified atom stereocenters. The number of nitrogens with two attached hydrogens (primary N) is 1. The van der Waals surface area contributed by atoms with Gasteiger partial charge < -0.3 is 10.6 Å². The van der Waals surface area contributed by atoms with Gasteiger partial charge >= 0.3 is 0 Å². The van der Waals surface area contributed by atoms with Gasteiger partial charge in [-0.3, -0.25) is 4.79 Å². The van der Waals surface area contributed by atoms with Crippen LogP contribution < -0.4 is 5.73 Å². The zero-order valence-corrected chi connectivity index (χ0v) is 12.6. The lowest BCUT2D eigenvalue weighted by molar-refractivity contribution is -0.136. The molecule has 110 valence electrons. The Kier molecular flexibility index (Phi) is 5.26. The van der Waals surface area contributed by atoms with Gasteiger partial charge in [-0.1, -0.05) is 26.7 Å². The first-order valence-electron chi connectivity index (χ1n) is 8.10. The second kappa shape index (κ2) is 6.74. The summed E-state index contributed by atoms with van der Waals surface area (Å²) in [6, 6.07) is 0.262. The lowest BCUT2D eigenvalue weighted by Crippen LogP contribution is -2.41. The van der Waals surface area contributed by atoms with E-state index in [4.69, 9.17) is 5.73 Å². The summed E-state index contributed by atoms with van der Waals surface area (Å²) in [4.78, 5) is 14.5. The molecule has 19 heavy (non-hydrogen) atoms. The predicted molar refractivity (Wildman–Crippen MR) is 78.7 cm³/mol. The second-order valence-electron chi connectivity index (χ2n) is 7.01. The third-order valence-electron chi connectivity index (χ3n) is 4.90. The van der Waals surface area contributed by atoms with Crippen LogP contribution in [0.2, 0.25) is 0 Å². The number of carbonyl (C=O) groups is 1. The molecular weight excluding hydrogens is 236 g/mol. The molecule has 0 radical (unpaired) electrons. The van der Waals surface area contributed by atoms with E-state index in [0.717, 1.165) is 44.2 Å². The Hall–Kier alpha value is -0.570. The Balaban J connectivity index is 1.72. The molecule has 0 aromatic rings. The maximum Gasteiger partial charge on any atom is 0.225 e. The van der Waals surface area contributed by atoms with Gasteiger partial charge in [0.25, 0.3) is 0 Å². The second-order valence-corrected chi connectivity index (χ2v) is 7.01. The SMILES string of the molecule is CC(C)CCC1CCN(C(=O)C2CCC(N)C2)CC1. The van der Waals surface area contributed by atoms with Gasteiger partial charge in [0.2, 0.25) is 5.91 Å². The first-order valence-corrected chi connectivity index (χ1v) is 8.10. The van der Waals surface area contributed by atoms with Crippen LogP contribution in [0.15, 0.2) is 0 Å². The van der Waals surface area contributed by atoms with Crippen LogP contribution in [0, 0.1) is 17.8 Å². The summed E-state index contributed by atoms with van der Waals surface area (Å²) in [7, 11) is 0. The van der Waals surface area contributed by atoms with Gasteiger partial charge in [0.15, 0.2) is 0 Å². The molecule has 3 nitrogen and oxygen atoms in total.